The minimum Gasteiger partial charge on any atom is -0.319 e. The molecule has 0 spiro atoms. The Morgan fingerprint density at radius 1 is 0.882 bits per heavy atom. The van der Waals surface area contributed by atoms with E-state index >= 15 is 0 Å². The first-order valence-electron chi connectivity index (χ1n) is 11.4. The molecule has 3 amide bonds. The number of anilines is 1. The third-order valence-electron chi connectivity index (χ3n) is 6.30. The Labute approximate surface area is 198 Å². The van der Waals surface area contributed by atoms with Crippen LogP contribution in [-0.2, 0) is 9.59 Å². The molecule has 34 heavy (non-hydrogen) atoms. The summed E-state index contributed by atoms with van der Waals surface area (Å²) >= 11 is 0. The topological polar surface area (TPSA) is 57.7 Å². The van der Waals surface area contributed by atoms with E-state index in [9.17, 15) is 18.8 Å². The van der Waals surface area contributed by atoms with E-state index in [2.05, 4.69) is 13.8 Å². The highest BCUT2D eigenvalue weighted by atomic mass is 19.1. The van der Waals surface area contributed by atoms with Crippen molar-refractivity contribution in [3.8, 4) is 0 Å². The summed E-state index contributed by atoms with van der Waals surface area (Å²) < 4.78 is 13.5. The largest absolute Gasteiger partial charge is 0.319 e. The van der Waals surface area contributed by atoms with Gasteiger partial charge in [-0.1, -0.05) is 56.3 Å². The Hall–Kier alpha value is -3.80. The first-order valence-corrected chi connectivity index (χ1v) is 11.4. The Bertz CT molecular complexity index is 1190. The average molecular weight is 459 g/mol. The van der Waals surface area contributed by atoms with Crippen LogP contribution in [0.5, 0.6) is 0 Å². The average Bonchev–Trinajstić information content (AvgIpc) is 3.13. The summed E-state index contributed by atoms with van der Waals surface area (Å²) in [6.45, 7) is 5.97. The molecule has 174 valence electrons. The van der Waals surface area contributed by atoms with Crippen LogP contribution < -0.4 is 4.90 Å². The van der Waals surface area contributed by atoms with E-state index < -0.39 is 29.7 Å². The van der Waals surface area contributed by atoms with Crippen molar-refractivity contribution in [3.63, 3.8) is 0 Å². The molecule has 4 rings (SSSR count). The maximum atomic E-state index is 13.6. The molecular weight excluding hydrogens is 431 g/mol. The molecule has 3 aromatic rings. The molecule has 0 N–H and O–H groups in total. The highest BCUT2D eigenvalue weighted by molar-refractivity contribution is 6.23. The van der Waals surface area contributed by atoms with Crippen LogP contribution in [0.25, 0.3) is 0 Å². The summed E-state index contributed by atoms with van der Waals surface area (Å²) in [6.07, 6.45) is -0.116. The second kappa shape index (κ2) is 9.59. The minimum atomic E-state index is -0.968. The normalized spacial score (nSPS) is 16.7. The Morgan fingerprint density at radius 3 is 2.09 bits per heavy atom. The van der Waals surface area contributed by atoms with E-state index in [-0.39, 0.29) is 17.9 Å². The lowest BCUT2D eigenvalue weighted by Gasteiger charge is -2.33. The van der Waals surface area contributed by atoms with Gasteiger partial charge in [-0.2, -0.15) is 0 Å². The molecule has 6 heteroatoms. The number of rotatable bonds is 6. The Balaban J connectivity index is 1.70. The van der Waals surface area contributed by atoms with Gasteiger partial charge < -0.3 is 4.90 Å². The number of carbonyl (C=O) groups is 3. The lowest BCUT2D eigenvalue weighted by Crippen LogP contribution is -2.46. The van der Waals surface area contributed by atoms with E-state index in [1.54, 1.807) is 12.1 Å². The molecule has 1 aliphatic rings. The third-order valence-corrected chi connectivity index (χ3v) is 6.30. The quantitative estimate of drug-likeness (QED) is 0.459. The van der Waals surface area contributed by atoms with E-state index in [4.69, 9.17) is 0 Å². The molecular formula is C28H27FN2O3. The van der Waals surface area contributed by atoms with Gasteiger partial charge in [-0.05, 0) is 60.4 Å². The molecule has 0 bridgehead atoms. The van der Waals surface area contributed by atoms with Crippen LogP contribution >= 0.6 is 0 Å². The number of imide groups is 1. The monoisotopic (exact) mass is 458 g/mol. The number of benzene rings is 3. The van der Waals surface area contributed by atoms with Crippen LogP contribution in [0.3, 0.4) is 0 Å². The van der Waals surface area contributed by atoms with E-state index in [0.29, 0.717) is 11.6 Å². The number of carbonyl (C=O) groups excluding carboxylic acids is 3. The van der Waals surface area contributed by atoms with Crippen molar-refractivity contribution < 1.29 is 18.8 Å². The minimum absolute atomic E-state index is 0.116. The van der Waals surface area contributed by atoms with Crippen LogP contribution in [0.15, 0.2) is 78.9 Å². The molecule has 0 aromatic heterocycles. The molecule has 2 atom stereocenters. The summed E-state index contributed by atoms with van der Waals surface area (Å²) in [5.74, 6) is -1.37. The molecule has 0 saturated carbocycles. The maximum Gasteiger partial charge on any atom is 0.257 e. The standard InChI is InChI=1S/C28H27FN2O3/c1-18(2)20-11-15-24(16-12-20)31-26(32)17-25(28(31)34)30(19(3)21-7-5-4-6-8-21)27(33)22-9-13-23(29)14-10-22/h4-16,18-19,25H,17H2,1-3H3. The summed E-state index contributed by atoms with van der Waals surface area (Å²) in [5, 5.41) is 0. The van der Waals surface area contributed by atoms with Gasteiger partial charge in [0.05, 0.1) is 18.2 Å². The first kappa shape index (κ1) is 23.4. The lowest BCUT2D eigenvalue weighted by atomic mass is 10.0. The first-order chi connectivity index (χ1) is 16.3. The van der Waals surface area contributed by atoms with Gasteiger partial charge in [-0.3, -0.25) is 14.4 Å². The molecule has 3 aromatic carbocycles. The Morgan fingerprint density at radius 2 is 1.50 bits per heavy atom. The van der Waals surface area contributed by atoms with Crippen LogP contribution in [0, 0.1) is 5.82 Å². The van der Waals surface area contributed by atoms with Crippen LogP contribution in [-0.4, -0.2) is 28.7 Å². The van der Waals surface area contributed by atoms with Crippen molar-refractivity contribution in [1.29, 1.82) is 0 Å². The summed E-state index contributed by atoms with van der Waals surface area (Å²) in [4.78, 5) is 42.8. The zero-order valence-electron chi connectivity index (χ0n) is 19.4. The zero-order valence-corrected chi connectivity index (χ0v) is 19.4. The van der Waals surface area contributed by atoms with Crippen molar-refractivity contribution >= 4 is 23.4 Å². The van der Waals surface area contributed by atoms with E-state index in [0.717, 1.165) is 16.0 Å². The molecule has 2 unspecified atom stereocenters. The van der Waals surface area contributed by atoms with E-state index in [1.165, 1.54) is 29.2 Å². The van der Waals surface area contributed by atoms with Gasteiger partial charge in [0.25, 0.3) is 11.8 Å². The molecule has 1 fully saturated rings. The zero-order chi connectivity index (χ0) is 24.4. The van der Waals surface area contributed by atoms with Gasteiger partial charge in [0.2, 0.25) is 5.91 Å². The van der Waals surface area contributed by atoms with Crippen LogP contribution in [0.2, 0.25) is 0 Å². The van der Waals surface area contributed by atoms with Gasteiger partial charge in [-0.25, -0.2) is 9.29 Å². The maximum absolute atomic E-state index is 13.6. The molecule has 0 aliphatic carbocycles. The predicted octanol–water partition coefficient (Wildman–Crippen LogP) is 5.48. The fourth-order valence-corrected chi connectivity index (χ4v) is 4.33. The lowest BCUT2D eigenvalue weighted by molar-refractivity contribution is -0.122. The molecule has 1 aliphatic heterocycles. The molecule has 5 nitrogen and oxygen atoms in total. The van der Waals surface area contributed by atoms with Crippen molar-refractivity contribution in [2.24, 2.45) is 0 Å². The van der Waals surface area contributed by atoms with Gasteiger partial charge in [0.15, 0.2) is 0 Å². The summed E-state index contributed by atoms with van der Waals surface area (Å²) in [7, 11) is 0. The van der Waals surface area contributed by atoms with E-state index in [1.807, 2.05) is 49.4 Å². The number of amides is 3. The molecule has 1 heterocycles. The smallest absolute Gasteiger partial charge is 0.257 e. The second-order valence-corrected chi connectivity index (χ2v) is 8.84. The number of nitrogens with zero attached hydrogens (tertiary/aromatic N) is 2. The van der Waals surface area contributed by atoms with Gasteiger partial charge in [0, 0.05) is 5.56 Å². The highest BCUT2D eigenvalue weighted by Gasteiger charge is 2.46. The van der Waals surface area contributed by atoms with Gasteiger partial charge in [0.1, 0.15) is 11.9 Å². The SMILES string of the molecule is CC(C)c1ccc(N2C(=O)CC(N(C(=O)c3ccc(F)cc3)C(C)c3ccccc3)C2=O)cc1. The van der Waals surface area contributed by atoms with Crippen molar-refractivity contribution in [2.75, 3.05) is 4.90 Å². The number of halogens is 1. The van der Waals surface area contributed by atoms with Crippen molar-refractivity contribution in [3.05, 3.63) is 101 Å². The fourth-order valence-electron chi connectivity index (χ4n) is 4.33. The highest BCUT2D eigenvalue weighted by Crippen LogP contribution is 2.33. The number of hydrogen-bond donors (Lipinski definition) is 0. The summed E-state index contributed by atoms with van der Waals surface area (Å²) in [5.41, 5.74) is 2.68. The number of hydrogen-bond acceptors (Lipinski definition) is 3. The molecule has 0 radical (unpaired) electrons. The van der Waals surface area contributed by atoms with Crippen molar-refractivity contribution in [2.45, 2.75) is 45.2 Å². The Kier molecular flexibility index (Phi) is 6.59. The fraction of sp³-hybridized carbons (Fsp3) is 0.250. The van der Waals surface area contributed by atoms with Crippen LogP contribution in [0.1, 0.15) is 60.6 Å². The van der Waals surface area contributed by atoms with Crippen LogP contribution in [0.4, 0.5) is 10.1 Å². The molecule has 1 saturated heterocycles. The predicted molar refractivity (Wildman–Crippen MR) is 129 cm³/mol. The van der Waals surface area contributed by atoms with Crippen molar-refractivity contribution in [1.82, 2.24) is 4.90 Å². The van der Waals surface area contributed by atoms with Gasteiger partial charge in [-0.15, -0.1) is 0 Å². The van der Waals surface area contributed by atoms with Gasteiger partial charge >= 0.3 is 0 Å². The second-order valence-electron chi connectivity index (χ2n) is 8.84. The summed E-state index contributed by atoms with van der Waals surface area (Å²) in [6, 6.07) is 20.4. The third kappa shape index (κ3) is 4.49.